The molecule has 3 N–H and O–H groups in total. The number of carboxylic acid groups (broad SMARTS) is 1. The van der Waals surface area contributed by atoms with Crippen molar-refractivity contribution in [1.29, 1.82) is 0 Å². The third-order valence-corrected chi connectivity index (χ3v) is 4.97. The Labute approximate surface area is 167 Å². The summed E-state index contributed by atoms with van der Waals surface area (Å²) < 4.78 is 5.65. The molecule has 1 amide bonds. The Kier molecular flexibility index (Phi) is 4.91. The SMILES string of the molecule is O=C(N[C@@H](Cc1ccc(O)cc1)C(=O)O)OC1c2ccccc2-c2ccccc21. The highest BCUT2D eigenvalue weighted by Gasteiger charge is 2.32. The molecule has 1 atom stereocenters. The number of ether oxygens (including phenoxy) is 1. The van der Waals surface area contributed by atoms with Gasteiger partial charge in [-0.1, -0.05) is 60.7 Å². The van der Waals surface area contributed by atoms with Gasteiger partial charge in [0.2, 0.25) is 0 Å². The van der Waals surface area contributed by atoms with E-state index in [0.717, 1.165) is 22.3 Å². The Morgan fingerprint density at radius 1 is 0.897 bits per heavy atom. The van der Waals surface area contributed by atoms with Gasteiger partial charge >= 0.3 is 12.1 Å². The predicted octanol–water partition coefficient (Wildman–Crippen LogP) is 3.88. The van der Waals surface area contributed by atoms with Crippen LogP contribution in [0.25, 0.3) is 11.1 Å². The molecule has 146 valence electrons. The number of carbonyl (C=O) groups excluding carboxylic acids is 1. The van der Waals surface area contributed by atoms with E-state index in [9.17, 15) is 19.8 Å². The highest BCUT2D eigenvalue weighted by atomic mass is 16.6. The van der Waals surface area contributed by atoms with Crippen molar-refractivity contribution in [2.75, 3.05) is 0 Å². The minimum Gasteiger partial charge on any atom is -0.508 e. The summed E-state index contributed by atoms with van der Waals surface area (Å²) in [5, 5.41) is 21.3. The van der Waals surface area contributed by atoms with Crippen LogP contribution >= 0.6 is 0 Å². The Balaban J connectivity index is 1.51. The van der Waals surface area contributed by atoms with Gasteiger partial charge in [-0.3, -0.25) is 0 Å². The molecule has 3 aromatic rings. The lowest BCUT2D eigenvalue weighted by molar-refractivity contribution is -0.139. The number of hydrogen-bond donors (Lipinski definition) is 3. The molecule has 6 nitrogen and oxygen atoms in total. The van der Waals surface area contributed by atoms with Crippen LogP contribution in [0.4, 0.5) is 4.79 Å². The van der Waals surface area contributed by atoms with Gasteiger partial charge in [0, 0.05) is 17.5 Å². The van der Waals surface area contributed by atoms with Gasteiger partial charge < -0.3 is 20.3 Å². The molecule has 0 saturated carbocycles. The summed E-state index contributed by atoms with van der Waals surface area (Å²) >= 11 is 0. The predicted molar refractivity (Wildman–Crippen MR) is 107 cm³/mol. The Bertz CT molecular complexity index is 1020. The molecule has 0 aliphatic heterocycles. The van der Waals surface area contributed by atoms with Crippen LogP contribution in [0.3, 0.4) is 0 Å². The number of hydrogen-bond acceptors (Lipinski definition) is 4. The second-order valence-electron chi connectivity index (χ2n) is 6.87. The van der Waals surface area contributed by atoms with E-state index in [4.69, 9.17) is 4.74 Å². The van der Waals surface area contributed by atoms with Crippen LogP contribution in [0, 0.1) is 0 Å². The van der Waals surface area contributed by atoms with Crippen molar-refractivity contribution >= 4 is 12.1 Å². The minimum atomic E-state index is -1.16. The molecule has 6 heteroatoms. The van der Waals surface area contributed by atoms with Crippen molar-refractivity contribution < 1.29 is 24.5 Å². The van der Waals surface area contributed by atoms with E-state index in [1.54, 1.807) is 12.1 Å². The van der Waals surface area contributed by atoms with E-state index >= 15 is 0 Å². The molecule has 3 aromatic carbocycles. The molecule has 0 saturated heterocycles. The number of aliphatic carboxylic acids is 1. The summed E-state index contributed by atoms with van der Waals surface area (Å²) in [4.78, 5) is 24.2. The van der Waals surface area contributed by atoms with Gasteiger partial charge in [-0.2, -0.15) is 0 Å². The first kappa shape index (κ1) is 18.6. The van der Waals surface area contributed by atoms with Crippen molar-refractivity contribution in [3.63, 3.8) is 0 Å². The number of aromatic hydroxyl groups is 1. The highest BCUT2D eigenvalue weighted by Crippen LogP contribution is 2.44. The largest absolute Gasteiger partial charge is 0.508 e. The number of phenols is 1. The van der Waals surface area contributed by atoms with Crippen LogP contribution in [0.1, 0.15) is 22.8 Å². The van der Waals surface area contributed by atoms with E-state index in [1.807, 2.05) is 48.5 Å². The molecule has 29 heavy (non-hydrogen) atoms. The number of rotatable bonds is 5. The van der Waals surface area contributed by atoms with Gasteiger partial charge in [-0.05, 0) is 28.8 Å². The Morgan fingerprint density at radius 3 is 2.00 bits per heavy atom. The third kappa shape index (κ3) is 3.78. The number of amides is 1. The maximum Gasteiger partial charge on any atom is 0.408 e. The fourth-order valence-corrected chi connectivity index (χ4v) is 3.59. The second kappa shape index (κ2) is 7.67. The topological polar surface area (TPSA) is 95.9 Å². The Hall–Kier alpha value is -3.80. The van der Waals surface area contributed by atoms with Gasteiger partial charge in [0.05, 0.1) is 0 Å². The number of phenolic OH excluding ortho intramolecular Hbond substituents is 1. The van der Waals surface area contributed by atoms with E-state index < -0.39 is 24.2 Å². The van der Waals surface area contributed by atoms with Crippen LogP contribution in [0.2, 0.25) is 0 Å². The number of fused-ring (bicyclic) bond motifs is 3. The average Bonchev–Trinajstić information content (AvgIpc) is 3.03. The molecule has 0 bridgehead atoms. The van der Waals surface area contributed by atoms with E-state index in [1.165, 1.54) is 12.1 Å². The number of carboxylic acids is 1. The Morgan fingerprint density at radius 2 is 1.45 bits per heavy atom. The first-order valence-corrected chi connectivity index (χ1v) is 9.19. The summed E-state index contributed by atoms with van der Waals surface area (Å²) in [7, 11) is 0. The zero-order chi connectivity index (χ0) is 20.4. The van der Waals surface area contributed by atoms with Crippen LogP contribution in [-0.2, 0) is 16.0 Å². The lowest BCUT2D eigenvalue weighted by Crippen LogP contribution is -2.42. The maximum absolute atomic E-state index is 12.5. The van der Waals surface area contributed by atoms with Crippen LogP contribution in [-0.4, -0.2) is 28.3 Å². The smallest absolute Gasteiger partial charge is 0.408 e. The average molecular weight is 389 g/mol. The first-order valence-electron chi connectivity index (χ1n) is 9.19. The second-order valence-corrected chi connectivity index (χ2v) is 6.87. The summed E-state index contributed by atoms with van der Waals surface area (Å²) in [6.45, 7) is 0. The fourth-order valence-electron chi connectivity index (χ4n) is 3.59. The lowest BCUT2D eigenvalue weighted by atomic mass is 10.1. The summed E-state index contributed by atoms with van der Waals surface area (Å²) in [6, 6.07) is 20.4. The summed E-state index contributed by atoms with van der Waals surface area (Å²) in [6.07, 6.45) is -1.32. The van der Waals surface area contributed by atoms with E-state index in [0.29, 0.717) is 5.56 Å². The highest BCUT2D eigenvalue weighted by molar-refractivity contribution is 5.82. The molecular formula is C23H19NO5. The zero-order valence-corrected chi connectivity index (χ0v) is 15.4. The van der Waals surface area contributed by atoms with E-state index in [-0.39, 0.29) is 12.2 Å². The molecule has 1 aliphatic rings. The lowest BCUT2D eigenvalue weighted by Gasteiger charge is -2.19. The summed E-state index contributed by atoms with van der Waals surface area (Å²) in [5.41, 5.74) is 4.41. The molecule has 0 aromatic heterocycles. The van der Waals surface area contributed by atoms with Gasteiger partial charge in [0.1, 0.15) is 11.8 Å². The minimum absolute atomic E-state index is 0.0720. The quantitative estimate of drug-likeness (QED) is 0.615. The molecule has 1 aliphatic carbocycles. The van der Waals surface area contributed by atoms with E-state index in [2.05, 4.69) is 5.32 Å². The van der Waals surface area contributed by atoms with Crippen molar-refractivity contribution in [3.8, 4) is 16.9 Å². The number of benzene rings is 3. The number of carbonyl (C=O) groups is 2. The van der Waals surface area contributed by atoms with Gasteiger partial charge in [-0.15, -0.1) is 0 Å². The molecule has 4 rings (SSSR count). The third-order valence-electron chi connectivity index (χ3n) is 4.97. The number of alkyl carbamates (subject to hydrolysis) is 1. The van der Waals surface area contributed by atoms with Gasteiger partial charge in [0.15, 0.2) is 6.10 Å². The monoisotopic (exact) mass is 389 g/mol. The van der Waals surface area contributed by atoms with Crippen LogP contribution < -0.4 is 5.32 Å². The maximum atomic E-state index is 12.5. The zero-order valence-electron chi connectivity index (χ0n) is 15.4. The molecule has 0 heterocycles. The van der Waals surface area contributed by atoms with Crippen molar-refractivity contribution in [1.82, 2.24) is 5.32 Å². The van der Waals surface area contributed by atoms with Crippen molar-refractivity contribution in [3.05, 3.63) is 89.5 Å². The normalized spacial score (nSPS) is 13.2. The molecule has 0 spiro atoms. The fraction of sp³-hybridized carbons (Fsp3) is 0.130. The van der Waals surface area contributed by atoms with Gasteiger partial charge in [0.25, 0.3) is 0 Å². The molecule has 0 radical (unpaired) electrons. The first-order chi connectivity index (χ1) is 14.0. The molecule has 0 unspecified atom stereocenters. The summed E-state index contributed by atoms with van der Waals surface area (Å²) in [5.74, 6) is -1.08. The van der Waals surface area contributed by atoms with Gasteiger partial charge in [-0.25, -0.2) is 9.59 Å². The van der Waals surface area contributed by atoms with Crippen LogP contribution in [0.15, 0.2) is 72.8 Å². The van der Waals surface area contributed by atoms with Crippen molar-refractivity contribution in [2.24, 2.45) is 0 Å². The molecule has 0 fully saturated rings. The number of nitrogens with one attached hydrogen (secondary N) is 1. The van der Waals surface area contributed by atoms with Crippen LogP contribution in [0.5, 0.6) is 5.75 Å². The standard InChI is InChI=1S/C23H19NO5/c25-15-11-9-14(10-12-15)13-20(22(26)27)24-23(28)29-21-18-7-3-1-5-16(18)17-6-2-4-8-19(17)21/h1-12,20-21,25H,13H2,(H,24,28)(H,26,27)/t20-/m0/s1. The van der Waals surface area contributed by atoms with Crippen molar-refractivity contribution in [2.45, 2.75) is 18.6 Å². The molecular weight excluding hydrogens is 370 g/mol.